The van der Waals surface area contributed by atoms with E-state index in [1.807, 2.05) is 39.8 Å². The number of hydrogen-bond acceptors (Lipinski definition) is 8. The fourth-order valence-corrected chi connectivity index (χ4v) is 5.60. The molecule has 34 heavy (non-hydrogen) atoms. The third-order valence-electron chi connectivity index (χ3n) is 5.78. The molecule has 0 saturated carbocycles. The second-order valence-corrected chi connectivity index (χ2v) is 11.4. The number of rotatable bonds is 7. The molecule has 0 aliphatic carbocycles. The van der Waals surface area contributed by atoms with Gasteiger partial charge in [-0.2, -0.15) is 4.31 Å². The minimum atomic E-state index is -3.85. The van der Waals surface area contributed by atoms with Gasteiger partial charge in [-0.1, -0.05) is 32.0 Å². The maximum absolute atomic E-state index is 13.0. The van der Waals surface area contributed by atoms with Gasteiger partial charge in [0.15, 0.2) is 10.3 Å². The van der Waals surface area contributed by atoms with E-state index in [2.05, 4.69) is 15.8 Å². The van der Waals surface area contributed by atoms with Crippen LogP contribution in [0.25, 0.3) is 0 Å². The first-order valence-electron chi connectivity index (χ1n) is 11.0. The van der Waals surface area contributed by atoms with Crippen LogP contribution in [0, 0.1) is 17.2 Å². The molecule has 1 fully saturated rings. The number of sulfonamides is 1. The van der Waals surface area contributed by atoms with Crippen LogP contribution in [0.15, 0.2) is 44.3 Å². The molecule has 0 unspecified atom stereocenters. The van der Waals surface area contributed by atoms with Crippen LogP contribution in [0.5, 0.6) is 5.75 Å². The number of benzene rings is 1. The van der Waals surface area contributed by atoms with E-state index < -0.39 is 21.8 Å². The maximum atomic E-state index is 13.0. The van der Waals surface area contributed by atoms with Crippen molar-refractivity contribution in [2.24, 2.45) is 5.41 Å². The van der Waals surface area contributed by atoms with Crippen LogP contribution in [0.2, 0.25) is 0 Å². The summed E-state index contributed by atoms with van der Waals surface area (Å²) in [6.45, 7) is 8.65. The van der Waals surface area contributed by atoms with Crippen LogP contribution in [0.3, 0.4) is 0 Å². The number of furan rings is 1. The number of aromatic hydroxyl groups is 1. The Bertz CT molecular complexity index is 1330. The van der Waals surface area contributed by atoms with Crippen molar-refractivity contribution in [1.29, 1.82) is 0 Å². The molecule has 0 spiro atoms. The molecule has 0 amide bonds. The first-order chi connectivity index (χ1) is 16.0. The second kappa shape index (κ2) is 8.84. The zero-order chi connectivity index (χ0) is 24.7. The van der Waals surface area contributed by atoms with Crippen molar-refractivity contribution < 1.29 is 27.2 Å². The van der Waals surface area contributed by atoms with E-state index in [9.17, 15) is 18.4 Å². The van der Waals surface area contributed by atoms with Crippen molar-refractivity contribution >= 4 is 27.3 Å². The Morgan fingerprint density at radius 3 is 2.50 bits per heavy atom. The number of phenolic OH excluding ortho intramolecular Hbond substituents is 1. The summed E-state index contributed by atoms with van der Waals surface area (Å²) >= 11 is 0. The van der Waals surface area contributed by atoms with Gasteiger partial charge in [-0.15, -0.1) is 4.63 Å². The molecule has 184 valence electrons. The van der Waals surface area contributed by atoms with Gasteiger partial charge in [0, 0.05) is 18.5 Å². The van der Waals surface area contributed by atoms with Crippen LogP contribution in [0.1, 0.15) is 51.2 Å². The van der Waals surface area contributed by atoms with Crippen molar-refractivity contribution in [3.63, 3.8) is 0 Å². The molecule has 1 aliphatic heterocycles. The van der Waals surface area contributed by atoms with Gasteiger partial charge in [0.1, 0.15) is 22.5 Å². The van der Waals surface area contributed by atoms with Gasteiger partial charge in [0.25, 0.3) is 5.82 Å². The number of aryl methyl sites for hydroxylation is 1. The molecule has 0 radical (unpaired) electrons. The zero-order valence-corrected chi connectivity index (χ0v) is 20.4. The van der Waals surface area contributed by atoms with E-state index in [-0.39, 0.29) is 32.2 Å². The monoisotopic (exact) mass is 492 g/mol. The average Bonchev–Trinajstić information content (AvgIpc) is 3.50. The summed E-state index contributed by atoms with van der Waals surface area (Å²) in [4.78, 5) is 12.2. The van der Waals surface area contributed by atoms with Crippen LogP contribution in [0.4, 0.5) is 17.3 Å². The number of H-pyrrole nitrogens is 1. The molecular formula is C22H30N5O6S+. The van der Waals surface area contributed by atoms with E-state index in [1.165, 1.54) is 22.5 Å². The minimum absolute atomic E-state index is 0.0150. The Balaban J connectivity index is 1.66. The quantitative estimate of drug-likeness (QED) is 0.364. The smallest absolute Gasteiger partial charge is 0.367 e. The van der Waals surface area contributed by atoms with Gasteiger partial charge < -0.3 is 14.8 Å². The number of nitrogens with zero attached hydrogens (tertiary/aromatic N) is 2. The lowest BCUT2D eigenvalue weighted by molar-refractivity contribution is -0.701. The van der Waals surface area contributed by atoms with Crippen molar-refractivity contribution in [1.82, 2.24) is 9.46 Å². The highest BCUT2D eigenvalue weighted by Gasteiger charge is 2.36. The zero-order valence-electron chi connectivity index (χ0n) is 19.6. The topological polar surface area (TPSA) is 147 Å². The highest BCUT2D eigenvalue weighted by atomic mass is 32.2. The van der Waals surface area contributed by atoms with E-state index in [1.54, 1.807) is 0 Å². The average molecular weight is 493 g/mol. The van der Waals surface area contributed by atoms with Gasteiger partial charge >= 0.3 is 5.82 Å². The first kappa shape index (κ1) is 23.9. The largest absolute Gasteiger partial charge is 0.504 e. The highest BCUT2D eigenvalue weighted by Crippen LogP contribution is 2.39. The number of anilines is 3. The molecule has 11 nitrogen and oxygen atoms in total. The van der Waals surface area contributed by atoms with Gasteiger partial charge in [0.05, 0.1) is 5.69 Å². The number of hydrogen-bond donors (Lipinski definition) is 4. The molecular weight excluding hydrogens is 462 g/mol. The van der Waals surface area contributed by atoms with Crippen molar-refractivity contribution in [2.45, 2.75) is 51.5 Å². The van der Waals surface area contributed by atoms with Crippen molar-refractivity contribution in [2.75, 3.05) is 23.7 Å². The minimum Gasteiger partial charge on any atom is -0.504 e. The van der Waals surface area contributed by atoms with E-state index in [4.69, 9.17) is 9.05 Å². The predicted molar refractivity (Wildman–Crippen MR) is 125 cm³/mol. The Hall–Kier alpha value is -3.25. The SMILES string of the molecule is Cc1ccc([C@H](Nc2c(Nc3cccc(S(=O)(=O)N4CCCC4)c3O)[nH]o[n+]2=O)C(C)(C)C)o1. The summed E-state index contributed by atoms with van der Waals surface area (Å²) in [5.41, 5.74) is -0.250. The molecule has 3 heterocycles. The fraction of sp³-hybridized carbons (Fsp3) is 0.455. The number of aromatic nitrogens is 2. The second-order valence-electron chi connectivity index (χ2n) is 9.45. The number of nitrogens with one attached hydrogen (secondary N) is 3. The number of para-hydroxylation sites is 1. The Morgan fingerprint density at radius 1 is 1.18 bits per heavy atom. The van der Waals surface area contributed by atoms with Crippen molar-refractivity contribution in [3.05, 3.63) is 46.8 Å². The molecule has 2 aromatic heterocycles. The third-order valence-corrected chi connectivity index (χ3v) is 7.71. The molecule has 1 atom stereocenters. The van der Waals surface area contributed by atoms with Crippen LogP contribution in [-0.4, -0.2) is 36.1 Å². The van der Waals surface area contributed by atoms with Gasteiger partial charge in [-0.25, -0.2) is 8.42 Å². The molecule has 1 aromatic carbocycles. The highest BCUT2D eigenvalue weighted by molar-refractivity contribution is 7.89. The molecule has 0 bridgehead atoms. The number of aromatic amines is 1. The molecule has 4 N–H and O–H groups in total. The Morgan fingerprint density at radius 2 is 1.88 bits per heavy atom. The van der Waals surface area contributed by atoms with E-state index >= 15 is 0 Å². The third kappa shape index (κ3) is 4.55. The van der Waals surface area contributed by atoms with Crippen LogP contribution < -0.4 is 15.2 Å². The lowest BCUT2D eigenvalue weighted by Crippen LogP contribution is -2.29. The summed E-state index contributed by atoms with van der Waals surface area (Å²) < 4.78 is 38.3. The molecule has 1 aliphatic rings. The normalized spacial score (nSPS) is 16.0. The van der Waals surface area contributed by atoms with E-state index in [0.717, 1.165) is 18.6 Å². The standard InChI is InChI=1S/C22H29N5O6S/c1-14-10-11-16(32-14)19(22(2,3)4)24-21-20(25-33-27(21)29)23-15-8-7-9-17(18(15)28)34(30,31)26-12-5-6-13-26/h7-11,19,24H,5-6,12-13H2,1-4H3,(H2-,23,25,28,29)/p+1/t19-/m0/s1. The summed E-state index contributed by atoms with van der Waals surface area (Å²) in [5.74, 6) is 1.05. The van der Waals surface area contributed by atoms with E-state index in [0.29, 0.717) is 18.8 Å². The molecule has 1 saturated heterocycles. The summed E-state index contributed by atoms with van der Waals surface area (Å²) in [7, 11) is -3.85. The summed E-state index contributed by atoms with van der Waals surface area (Å²) in [6, 6.07) is 7.66. The van der Waals surface area contributed by atoms with Gasteiger partial charge in [0.2, 0.25) is 10.0 Å². The van der Waals surface area contributed by atoms with Crippen LogP contribution >= 0.6 is 0 Å². The molecule has 4 rings (SSSR count). The van der Waals surface area contributed by atoms with Crippen LogP contribution in [-0.2, 0) is 10.0 Å². The lowest BCUT2D eigenvalue weighted by atomic mass is 9.85. The van der Waals surface area contributed by atoms with Crippen molar-refractivity contribution in [3.8, 4) is 5.75 Å². The van der Waals surface area contributed by atoms with Gasteiger partial charge in [-0.3, -0.25) is 5.32 Å². The fourth-order valence-electron chi connectivity index (χ4n) is 3.98. The predicted octanol–water partition coefficient (Wildman–Crippen LogP) is 3.86. The summed E-state index contributed by atoms with van der Waals surface area (Å²) in [6.07, 6.45) is 1.56. The Labute approximate surface area is 197 Å². The first-order valence-corrected chi connectivity index (χ1v) is 12.5. The Kier molecular flexibility index (Phi) is 6.21. The summed E-state index contributed by atoms with van der Waals surface area (Å²) in [5, 5.41) is 19.3. The molecule has 3 aromatic rings. The molecule has 12 heteroatoms. The maximum Gasteiger partial charge on any atom is 0.367 e. The van der Waals surface area contributed by atoms with Gasteiger partial charge in [-0.05, 0) is 48.9 Å². The number of phenols is 1. The lowest BCUT2D eigenvalue weighted by Gasteiger charge is -2.26.